The summed E-state index contributed by atoms with van der Waals surface area (Å²) in [6.07, 6.45) is 1.89. The lowest BCUT2D eigenvalue weighted by atomic mass is 9.78. The number of likely N-dealkylation sites (tertiary alicyclic amines) is 1. The van der Waals surface area contributed by atoms with Crippen LogP contribution in [-0.2, 0) is 9.53 Å². The molecule has 6 nitrogen and oxygen atoms in total. The first-order valence-electron chi connectivity index (χ1n) is 7.08. The topological polar surface area (TPSA) is 78.9 Å². The van der Waals surface area contributed by atoms with Crippen LogP contribution in [0.4, 0.5) is 4.79 Å². The summed E-state index contributed by atoms with van der Waals surface area (Å²) in [5.41, 5.74) is -1.23. The molecule has 1 saturated heterocycles. The highest BCUT2D eigenvalue weighted by Crippen LogP contribution is 2.33. The largest absolute Gasteiger partial charge is 0.481 e. The molecule has 0 aromatic heterocycles. The molecule has 0 aromatic carbocycles. The number of nitrogens with zero attached hydrogens (tertiary/aromatic N) is 1. The van der Waals surface area contributed by atoms with E-state index in [-0.39, 0.29) is 12.6 Å². The van der Waals surface area contributed by atoms with Crippen LogP contribution in [0.5, 0.6) is 0 Å². The molecule has 0 aliphatic carbocycles. The number of methoxy groups -OCH3 is 1. The number of urea groups is 1. The Morgan fingerprint density at radius 3 is 2.60 bits per heavy atom. The summed E-state index contributed by atoms with van der Waals surface area (Å²) in [4.78, 5) is 25.2. The fourth-order valence-corrected chi connectivity index (χ4v) is 2.39. The van der Waals surface area contributed by atoms with Crippen molar-refractivity contribution in [3.05, 3.63) is 0 Å². The number of hydrogen-bond acceptors (Lipinski definition) is 3. The normalized spacial score (nSPS) is 23.5. The van der Waals surface area contributed by atoms with Crippen LogP contribution in [0, 0.1) is 5.41 Å². The number of carbonyl (C=O) groups is 2. The van der Waals surface area contributed by atoms with Crippen LogP contribution in [0.25, 0.3) is 0 Å². The lowest BCUT2D eigenvalue weighted by Crippen LogP contribution is -2.54. The fourth-order valence-electron chi connectivity index (χ4n) is 2.39. The number of ether oxygens (including phenoxy) is 1. The summed E-state index contributed by atoms with van der Waals surface area (Å²) in [6, 6.07) is -0.214. The molecule has 1 aliphatic heterocycles. The molecule has 1 atom stereocenters. The van der Waals surface area contributed by atoms with Gasteiger partial charge < -0.3 is 20.1 Å². The van der Waals surface area contributed by atoms with Crippen molar-refractivity contribution in [2.24, 2.45) is 5.41 Å². The summed E-state index contributed by atoms with van der Waals surface area (Å²) in [5.74, 6) is -0.810. The van der Waals surface area contributed by atoms with E-state index in [1.54, 1.807) is 12.0 Å². The van der Waals surface area contributed by atoms with Crippen molar-refractivity contribution in [2.75, 3.05) is 26.7 Å². The number of hydrogen-bond donors (Lipinski definition) is 2. The quantitative estimate of drug-likeness (QED) is 0.806. The zero-order valence-corrected chi connectivity index (χ0v) is 12.9. The van der Waals surface area contributed by atoms with Crippen LogP contribution < -0.4 is 5.32 Å². The molecule has 1 heterocycles. The van der Waals surface area contributed by atoms with Crippen LogP contribution in [0.15, 0.2) is 0 Å². The first-order chi connectivity index (χ1) is 9.26. The zero-order chi connectivity index (χ0) is 15.4. The molecule has 0 aromatic rings. The van der Waals surface area contributed by atoms with E-state index in [4.69, 9.17) is 4.74 Å². The summed E-state index contributed by atoms with van der Waals surface area (Å²) in [7, 11) is 1.60. The number of piperidine rings is 1. The van der Waals surface area contributed by atoms with Gasteiger partial charge in [-0.25, -0.2) is 4.79 Å². The molecule has 0 bridgehead atoms. The molecule has 0 radical (unpaired) electrons. The highest BCUT2D eigenvalue weighted by atomic mass is 16.5. The first kappa shape index (κ1) is 16.8. The van der Waals surface area contributed by atoms with E-state index in [0.29, 0.717) is 25.9 Å². The van der Waals surface area contributed by atoms with Crippen LogP contribution in [0.1, 0.15) is 40.0 Å². The highest BCUT2D eigenvalue weighted by Gasteiger charge is 2.42. The van der Waals surface area contributed by atoms with Crippen LogP contribution in [0.3, 0.4) is 0 Å². The Balaban J connectivity index is 2.63. The molecular weight excluding hydrogens is 260 g/mol. The van der Waals surface area contributed by atoms with Gasteiger partial charge in [-0.2, -0.15) is 0 Å². The molecule has 1 unspecified atom stereocenters. The molecule has 2 amide bonds. The van der Waals surface area contributed by atoms with Crippen molar-refractivity contribution in [3.8, 4) is 0 Å². The van der Waals surface area contributed by atoms with Crippen molar-refractivity contribution < 1.29 is 19.4 Å². The third-order valence-electron chi connectivity index (χ3n) is 4.21. The minimum absolute atomic E-state index is 0.214. The number of rotatable bonds is 5. The molecule has 1 fully saturated rings. The van der Waals surface area contributed by atoms with Crippen molar-refractivity contribution >= 4 is 12.0 Å². The second-order valence-electron chi connectivity index (χ2n) is 6.09. The Morgan fingerprint density at radius 1 is 1.45 bits per heavy atom. The Labute approximate surface area is 120 Å². The molecule has 0 spiro atoms. The van der Waals surface area contributed by atoms with Crippen molar-refractivity contribution in [1.29, 1.82) is 0 Å². The minimum Gasteiger partial charge on any atom is -0.481 e. The van der Waals surface area contributed by atoms with Crippen LogP contribution >= 0.6 is 0 Å². The van der Waals surface area contributed by atoms with Gasteiger partial charge in [0.1, 0.15) is 0 Å². The molecule has 6 heteroatoms. The average molecular weight is 286 g/mol. The standard InChI is InChI=1S/C14H26N2O4/c1-5-14(11(17)18)7-6-8-16(10-14)12(19)15-9-13(2,3)20-4/h5-10H2,1-4H3,(H,15,19)(H,17,18). The van der Waals surface area contributed by atoms with Crippen molar-refractivity contribution in [3.63, 3.8) is 0 Å². The van der Waals surface area contributed by atoms with E-state index in [1.807, 2.05) is 20.8 Å². The number of carboxylic acid groups (broad SMARTS) is 1. The molecule has 2 N–H and O–H groups in total. The van der Waals surface area contributed by atoms with Gasteiger partial charge in [0, 0.05) is 26.7 Å². The van der Waals surface area contributed by atoms with E-state index < -0.39 is 17.0 Å². The number of carbonyl (C=O) groups excluding carboxylic acids is 1. The average Bonchev–Trinajstić information content (AvgIpc) is 2.44. The first-order valence-corrected chi connectivity index (χ1v) is 7.08. The number of amides is 2. The van der Waals surface area contributed by atoms with Crippen LogP contribution in [-0.4, -0.2) is 54.4 Å². The predicted molar refractivity (Wildman–Crippen MR) is 75.7 cm³/mol. The molecule has 1 rings (SSSR count). The van der Waals surface area contributed by atoms with Gasteiger partial charge >= 0.3 is 12.0 Å². The monoisotopic (exact) mass is 286 g/mol. The van der Waals surface area contributed by atoms with Gasteiger partial charge in [-0.3, -0.25) is 4.79 Å². The second-order valence-corrected chi connectivity index (χ2v) is 6.09. The van der Waals surface area contributed by atoms with Crippen LogP contribution in [0.2, 0.25) is 0 Å². The second kappa shape index (κ2) is 6.43. The molecule has 1 aliphatic rings. The van der Waals surface area contributed by atoms with E-state index in [9.17, 15) is 14.7 Å². The third kappa shape index (κ3) is 3.85. The summed E-state index contributed by atoms with van der Waals surface area (Å²) >= 11 is 0. The fraction of sp³-hybridized carbons (Fsp3) is 0.857. The SMILES string of the molecule is CCC1(C(=O)O)CCCN(C(=O)NCC(C)(C)OC)C1. The predicted octanol–water partition coefficient (Wildman–Crippen LogP) is 1.70. The van der Waals surface area contributed by atoms with E-state index in [2.05, 4.69) is 5.32 Å². The highest BCUT2D eigenvalue weighted by molar-refractivity contribution is 5.78. The van der Waals surface area contributed by atoms with Gasteiger partial charge in [0.05, 0.1) is 11.0 Å². The molecule has 20 heavy (non-hydrogen) atoms. The maximum Gasteiger partial charge on any atom is 0.317 e. The minimum atomic E-state index is -0.810. The van der Waals surface area contributed by atoms with Gasteiger partial charge in [-0.1, -0.05) is 6.92 Å². The van der Waals surface area contributed by atoms with Crippen molar-refractivity contribution in [1.82, 2.24) is 10.2 Å². The molecule has 0 saturated carbocycles. The Morgan fingerprint density at radius 2 is 2.10 bits per heavy atom. The lowest BCUT2D eigenvalue weighted by molar-refractivity contribution is -0.152. The number of carboxylic acids is 1. The number of aliphatic carboxylic acids is 1. The maximum atomic E-state index is 12.2. The van der Waals surface area contributed by atoms with Gasteiger partial charge in [0.2, 0.25) is 0 Å². The Hall–Kier alpha value is -1.30. The van der Waals surface area contributed by atoms with Crippen molar-refractivity contribution in [2.45, 2.75) is 45.6 Å². The van der Waals surface area contributed by atoms with Gasteiger partial charge in [-0.05, 0) is 33.1 Å². The Bertz CT molecular complexity index is 370. The maximum absolute atomic E-state index is 12.2. The summed E-state index contributed by atoms with van der Waals surface area (Å²) in [5, 5.41) is 12.2. The van der Waals surface area contributed by atoms with Gasteiger partial charge in [0.15, 0.2) is 0 Å². The molecular formula is C14H26N2O4. The molecule has 116 valence electrons. The number of nitrogens with one attached hydrogen (secondary N) is 1. The summed E-state index contributed by atoms with van der Waals surface area (Å²) < 4.78 is 5.25. The van der Waals surface area contributed by atoms with E-state index >= 15 is 0 Å². The lowest BCUT2D eigenvalue weighted by Gasteiger charge is -2.39. The van der Waals surface area contributed by atoms with Gasteiger partial charge in [-0.15, -0.1) is 0 Å². The van der Waals surface area contributed by atoms with E-state index in [1.165, 1.54) is 0 Å². The zero-order valence-electron chi connectivity index (χ0n) is 12.9. The van der Waals surface area contributed by atoms with Gasteiger partial charge in [0.25, 0.3) is 0 Å². The summed E-state index contributed by atoms with van der Waals surface area (Å²) in [6.45, 7) is 6.91. The third-order valence-corrected chi connectivity index (χ3v) is 4.21. The van der Waals surface area contributed by atoms with E-state index in [0.717, 1.165) is 6.42 Å². The Kier molecular flexibility index (Phi) is 5.39. The smallest absolute Gasteiger partial charge is 0.317 e.